The smallest absolute Gasteiger partial charge is 0.226 e. The zero-order chi connectivity index (χ0) is 33.9. The number of nitriles is 1. The second-order valence-electron chi connectivity index (χ2n) is 13.9. The number of allylic oxidation sites excluding steroid dienone is 1. The third-order valence-electron chi connectivity index (χ3n) is 11.4. The summed E-state index contributed by atoms with van der Waals surface area (Å²) in [5, 5.41) is 10.6. The Labute approximate surface area is 289 Å². The number of carbonyl (C=O) groups excluding carboxylic acids is 1. The largest absolute Gasteiger partial charge is 0.468 e. The highest BCUT2D eigenvalue weighted by Crippen LogP contribution is 2.53. The molecule has 13 heteroatoms. The number of likely N-dealkylation sites (tertiary alicyclic amines) is 1. The number of hydrogen-bond donors (Lipinski definition) is 2. The third-order valence-corrected chi connectivity index (χ3v) is 12.5. The van der Waals surface area contributed by atoms with E-state index in [1.165, 1.54) is 11.3 Å². The van der Waals surface area contributed by atoms with Crippen molar-refractivity contribution in [1.29, 1.82) is 5.26 Å². The molecule has 2 aliphatic carbocycles. The molecule has 5 aliphatic rings. The lowest BCUT2D eigenvalue weighted by Crippen LogP contribution is -2.44. The maximum absolute atomic E-state index is 14.8. The first-order valence-electron chi connectivity index (χ1n) is 17.2. The number of anilines is 2. The Morgan fingerprint density at radius 1 is 1.22 bits per heavy atom. The number of ketones is 1. The van der Waals surface area contributed by atoms with E-state index in [4.69, 9.17) is 30.9 Å². The zero-order valence-corrected chi connectivity index (χ0v) is 28.6. The van der Waals surface area contributed by atoms with Gasteiger partial charge in [0.1, 0.15) is 22.7 Å². The van der Waals surface area contributed by atoms with Gasteiger partial charge in [-0.2, -0.15) is 10.2 Å². The summed E-state index contributed by atoms with van der Waals surface area (Å²) in [6.07, 6.45) is 11.9. The summed E-state index contributed by atoms with van der Waals surface area (Å²) in [5.74, 6) is 1.21. The van der Waals surface area contributed by atoms with E-state index in [0.717, 1.165) is 60.3 Å². The van der Waals surface area contributed by atoms with Crippen molar-refractivity contribution in [2.24, 2.45) is 5.73 Å². The predicted octanol–water partition coefficient (Wildman–Crippen LogP) is 4.14. The topological polar surface area (TPSA) is 169 Å². The van der Waals surface area contributed by atoms with Gasteiger partial charge in [0.25, 0.3) is 0 Å². The first-order chi connectivity index (χ1) is 23.8. The second kappa shape index (κ2) is 12.2. The Balaban J connectivity index is 1.27. The van der Waals surface area contributed by atoms with Gasteiger partial charge in [-0.3, -0.25) is 9.69 Å². The maximum Gasteiger partial charge on any atom is 0.226 e. The number of Topliss-reactive ketones (excluding diaryl/α,β-unsaturated/α-hetero) is 1. The van der Waals surface area contributed by atoms with Crippen molar-refractivity contribution in [3.8, 4) is 11.9 Å². The maximum atomic E-state index is 14.8. The molecule has 2 spiro atoms. The highest BCUT2D eigenvalue weighted by molar-refractivity contribution is 7.16. The molecule has 8 rings (SSSR count). The molecule has 0 unspecified atom stereocenters. The Kier molecular flexibility index (Phi) is 7.93. The van der Waals surface area contributed by atoms with Crippen LogP contribution in [0.2, 0.25) is 0 Å². The molecule has 0 radical (unpaired) electrons. The fourth-order valence-electron chi connectivity index (χ4n) is 8.97. The molecule has 1 saturated carbocycles. The van der Waals surface area contributed by atoms with E-state index in [1.807, 2.05) is 6.08 Å². The standard InChI is InChI=1S/C36H41N9O3S/c1-3-25(24-9-6-16-44(24)2)48-33-23-19-45(34-40-14-7-15-41-34)36(13-17-47-20-36)29(23)42-32(43-33)28(38)21-8-4-11-35(30(21)46)12-5-10-26-27(35)22(18-37)31(39)49-26/h3,7,14-15,24-25H,1,4-6,8-13,16-17,19-20,38-39H2,2H3/b28-21-/t24-,25-,35-,36+/m0/s1. The van der Waals surface area contributed by atoms with Crippen LogP contribution in [0.5, 0.6) is 5.88 Å². The molecule has 6 heterocycles. The summed E-state index contributed by atoms with van der Waals surface area (Å²) >= 11 is 1.44. The normalized spacial score (nSPS) is 28.0. The van der Waals surface area contributed by atoms with Gasteiger partial charge < -0.3 is 25.8 Å². The van der Waals surface area contributed by atoms with Crippen molar-refractivity contribution in [2.45, 2.75) is 87.4 Å². The molecular weight excluding hydrogens is 639 g/mol. The molecule has 3 aromatic rings. The molecule has 4 atom stereocenters. The fourth-order valence-corrected chi connectivity index (χ4v) is 10.1. The number of ether oxygens (including phenoxy) is 2. The van der Waals surface area contributed by atoms with Crippen molar-refractivity contribution in [1.82, 2.24) is 24.8 Å². The van der Waals surface area contributed by atoms with Crippen LogP contribution < -0.4 is 21.1 Å². The number of fused-ring (bicyclic) bond motifs is 4. The van der Waals surface area contributed by atoms with E-state index in [2.05, 4.69) is 39.5 Å². The monoisotopic (exact) mass is 679 g/mol. The van der Waals surface area contributed by atoms with Crippen LogP contribution in [0.1, 0.15) is 84.5 Å². The quantitative estimate of drug-likeness (QED) is 0.283. The molecule has 0 aromatic carbocycles. The number of hydrogen-bond acceptors (Lipinski definition) is 13. The first-order valence-corrected chi connectivity index (χ1v) is 18.0. The van der Waals surface area contributed by atoms with E-state index < -0.39 is 11.0 Å². The number of aryl methyl sites for hydroxylation is 1. The van der Waals surface area contributed by atoms with Crippen LogP contribution in [0.25, 0.3) is 5.70 Å². The number of nitrogen functional groups attached to an aromatic ring is 1. The first kappa shape index (κ1) is 31.9. The summed E-state index contributed by atoms with van der Waals surface area (Å²) < 4.78 is 12.9. The number of nitrogens with two attached hydrogens (primary N) is 2. The number of aromatic nitrogens is 4. The summed E-state index contributed by atoms with van der Waals surface area (Å²) in [7, 11) is 2.11. The number of carbonyl (C=O) groups is 1. The Hall–Kier alpha value is -4.38. The lowest BCUT2D eigenvalue weighted by atomic mass is 9.61. The minimum Gasteiger partial charge on any atom is -0.468 e. The van der Waals surface area contributed by atoms with Crippen LogP contribution in [-0.4, -0.2) is 69.6 Å². The molecule has 4 N–H and O–H groups in total. The van der Waals surface area contributed by atoms with Crippen molar-refractivity contribution in [3.63, 3.8) is 0 Å². The number of nitrogens with zero attached hydrogens (tertiary/aromatic N) is 7. The van der Waals surface area contributed by atoms with E-state index in [-0.39, 0.29) is 29.5 Å². The van der Waals surface area contributed by atoms with Crippen LogP contribution >= 0.6 is 11.3 Å². The van der Waals surface area contributed by atoms with Crippen molar-refractivity contribution in [3.05, 3.63) is 69.8 Å². The van der Waals surface area contributed by atoms with Gasteiger partial charge in [0.05, 0.1) is 47.1 Å². The van der Waals surface area contributed by atoms with Crippen LogP contribution in [-0.2, 0) is 33.5 Å². The van der Waals surface area contributed by atoms with Crippen molar-refractivity contribution >= 4 is 33.8 Å². The number of thiophene rings is 1. The lowest BCUT2D eigenvalue weighted by Gasteiger charge is -2.40. The second-order valence-corrected chi connectivity index (χ2v) is 15.1. The van der Waals surface area contributed by atoms with Crippen molar-refractivity contribution < 1.29 is 14.3 Å². The van der Waals surface area contributed by atoms with E-state index in [0.29, 0.717) is 73.4 Å². The van der Waals surface area contributed by atoms with Gasteiger partial charge in [-0.05, 0) is 82.7 Å². The van der Waals surface area contributed by atoms with Gasteiger partial charge in [-0.1, -0.05) is 6.58 Å². The fraction of sp³-hybridized carbons (Fsp3) is 0.500. The summed E-state index contributed by atoms with van der Waals surface area (Å²) in [4.78, 5) is 39.7. The van der Waals surface area contributed by atoms with E-state index in [1.54, 1.807) is 18.5 Å². The van der Waals surface area contributed by atoms with Gasteiger partial charge in [0.2, 0.25) is 11.8 Å². The van der Waals surface area contributed by atoms with E-state index >= 15 is 0 Å². The summed E-state index contributed by atoms with van der Waals surface area (Å²) in [6.45, 7) is 6.49. The Morgan fingerprint density at radius 3 is 2.71 bits per heavy atom. The molecule has 0 bridgehead atoms. The Bertz CT molecular complexity index is 1900. The zero-order valence-electron chi connectivity index (χ0n) is 27.8. The lowest BCUT2D eigenvalue weighted by molar-refractivity contribution is -0.122. The van der Waals surface area contributed by atoms with Gasteiger partial charge >= 0.3 is 0 Å². The van der Waals surface area contributed by atoms with E-state index in [9.17, 15) is 10.1 Å². The Morgan fingerprint density at radius 2 is 2.02 bits per heavy atom. The third kappa shape index (κ3) is 4.87. The highest BCUT2D eigenvalue weighted by Gasteiger charge is 2.53. The molecule has 49 heavy (non-hydrogen) atoms. The van der Waals surface area contributed by atoms with Crippen LogP contribution in [0.15, 0.2) is 36.7 Å². The minimum atomic E-state index is -0.829. The molecular formula is C36H41N9O3S. The average molecular weight is 680 g/mol. The molecule has 2 saturated heterocycles. The molecule has 0 amide bonds. The van der Waals surface area contributed by atoms with Crippen LogP contribution in [0.3, 0.4) is 0 Å². The predicted molar refractivity (Wildman–Crippen MR) is 186 cm³/mol. The highest BCUT2D eigenvalue weighted by atomic mass is 32.1. The van der Waals surface area contributed by atoms with Gasteiger partial charge in [-0.25, -0.2) is 15.0 Å². The van der Waals surface area contributed by atoms with Crippen LogP contribution in [0.4, 0.5) is 10.9 Å². The summed E-state index contributed by atoms with van der Waals surface area (Å²) in [6, 6.07) is 4.25. The van der Waals surface area contributed by atoms with Gasteiger partial charge in [-0.15, -0.1) is 11.3 Å². The number of rotatable bonds is 6. The van der Waals surface area contributed by atoms with Crippen molar-refractivity contribution in [2.75, 3.05) is 37.4 Å². The molecule has 254 valence electrons. The molecule has 3 aliphatic heterocycles. The summed E-state index contributed by atoms with van der Waals surface area (Å²) in [5.41, 5.74) is 15.5. The minimum absolute atomic E-state index is 0.0483. The average Bonchev–Trinajstić information content (AvgIpc) is 3.92. The number of likely N-dealkylation sites (N-methyl/N-ethyl adjacent to an activating group) is 1. The van der Waals surface area contributed by atoms with Gasteiger partial charge in [0, 0.05) is 35.9 Å². The molecule has 3 fully saturated rings. The SMILES string of the molecule is C=C[C@H](Oc1nc(/C(N)=C2\CCC[C@@]3(CCCc4sc(N)c(C#N)c43)C2=O)nc2c1CN(c1ncccn1)[C@@]21CCOC1)[C@@H]1CCCN1C. The molecule has 12 nitrogen and oxygen atoms in total. The molecule has 3 aromatic heterocycles. The van der Waals surface area contributed by atoms with Gasteiger partial charge in [0.15, 0.2) is 11.6 Å². The van der Waals surface area contributed by atoms with Crippen LogP contribution in [0, 0.1) is 11.3 Å².